The third-order valence-electron chi connectivity index (χ3n) is 7.74. The van der Waals surface area contributed by atoms with Gasteiger partial charge >= 0.3 is 0 Å². The first-order chi connectivity index (χ1) is 16.9. The fraction of sp³-hybridized carbons (Fsp3) is 0.531. The highest BCUT2D eigenvalue weighted by atomic mass is 16.7. The molecule has 194 valence electrons. The zero-order valence-corrected chi connectivity index (χ0v) is 22.8. The van der Waals surface area contributed by atoms with Crippen LogP contribution in [0.3, 0.4) is 0 Å². The number of benzene rings is 2. The zero-order chi connectivity index (χ0) is 26.1. The number of ketones is 1. The number of Topliss-reactive ketones (excluding diaryl/α,β-unsaturated/α-hetero) is 1. The van der Waals surface area contributed by atoms with E-state index < -0.39 is 5.79 Å². The lowest BCUT2D eigenvalue weighted by atomic mass is 9.66. The highest BCUT2D eigenvalue weighted by molar-refractivity contribution is 5.80. The van der Waals surface area contributed by atoms with Crippen LogP contribution >= 0.6 is 0 Å². The fourth-order valence-electron chi connectivity index (χ4n) is 5.49. The molecule has 2 aliphatic rings. The minimum atomic E-state index is -0.960. The van der Waals surface area contributed by atoms with Crippen LogP contribution in [0.25, 0.3) is 0 Å². The van der Waals surface area contributed by atoms with E-state index in [1.165, 1.54) is 11.1 Å². The first-order valence-corrected chi connectivity index (χ1v) is 13.4. The Labute approximate surface area is 216 Å². The molecule has 1 saturated heterocycles. The van der Waals surface area contributed by atoms with Gasteiger partial charge < -0.3 is 14.6 Å². The molecule has 0 spiro atoms. The van der Waals surface area contributed by atoms with Gasteiger partial charge in [-0.1, -0.05) is 70.2 Å². The van der Waals surface area contributed by atoms with Gasteiger partial charge in [0.2, 0.25) is 5.79 Å². The van der Waals surface area contributed by atoms with Crippen LogP contribution in [0, 0.1) is 6.92 Å². The number of allylic oxidation sites excluding steroid dienone is 2. The van der Waals surface area contributed by atoms with E-state index in [1.54, 1.807) is 6.92 Å². The average molecular weight is 491 g/mol. The first kappa shape index (κ1) is 26.8. The molecule has 0 amide bonds. The smallest absolute Gasteiger partial charge is 0.222 e. The molecule has 0 radical (unpaired) electrons. The number of ether oxygens (including phenoxy) is 2. The SMILES string of the molecule is Cc1cc2c(cc1C1(c3ccc(CC(=O)CCCC(C)O)cc3)OCCCO1)C(C)(C)C=CC2(C)C. The summed E-state index contributed by atoms with van der Waals surface area (Å²) in [6, 6.07) is 12.8. The Morgan fingerprint density at radius 1 is 0.944 bits per heavy atom. The minimum Gasteiger partial charge on any atom is -0.393 e. The molecule has 4 rings (SSSR count). The van der Waals surface area contributed by atoms with Gasteiger partial charge in [0, 0.05) is 34.8 Å². The van der Waals surface area contributed by atoms with Crippen LogP contribution in [0.1, 0.15) is 93.7 Å². The Hall–Kier alpha value is -2.27. The van der Waals surface area contributed by atoms with E-state index in [4.69, 9.17) is 9.47 Å². The molecular weight excluding hydrogens is 448 g/mol. The maximum absolute atomic E-state index is 12.4. The summed E-state index contributed by atoms with van der Waals surface area (Å²) in [5.74, 6) is -0.759. The second-order valence-electron chi connectivity index (χ2n) is 11.8. The summed E-state index contributed by atoms with van der Waals surface area (Å²) in [5, 5.41) is 9.43. The number of carbonyl (C=O) groups is 1. The topological polar surface area (TPSA) is 55.8 Å². The monoisotopic (exact) mass is 490 g/mol. The molecule has 4 nitrogen and oxygen atoms in total. The predicted molar refractivity (Wildman–Crippen MR) is 144 cm³/mol. The molecule has 1 fully saturated rings. The van der Waals surface area contributed by atoms with Crippen molar-refractivity contribution >= 4 is 5.78 Å². The summed E-state index contributed by atoms with van der Waals surface area (Å²) in [7, 11) is 0. The van der Waals surface area contributed by atoms with E-state index in [1.807, 2.05) is 12.1 Å². The number of hydrogen-bond acceptors (Lipinski definition) is 4. The van der Waals surface area contributed by atoms with E-state index in [2.05, 4.69) is 71.0 Å². The maximum atomic E-state index is 12.4. The van der Waals surface area contributed by atoms with Gasteiger partial charge in [0.05, 0.1) is 19.3 Å². The van der Waals surface area contributed by atoms with Crippen molar-refractivity contribution in [2.75, 3.05) is 13.2 Å². The van der Waals surface area contributed by atoms with Crippen molar-refractivity contribution in [3.8, 4) is 0 Å². The Balaban J connectivity index is 1.67. The second-order valence-corrected chi connectivity index (χ2v) is 11.8. The lowest BCUT2D eigenvalue weighted by Crippen LogP contribution is -2.40. The van der Waals surface area contributed by atoms with Crippen LogP contribution in [0.4, 0.5) is 0 Å². The third kappa shape index (κ3) is 5.37. The van der Waals surface area contributed by atoms with Crippen molar-refractivity contribution in [3.63, 3.8) is 0 Å². The van der Waals surface area contributed by atoms with E-state index in [0.29, 0.717) is 32.5 Å². The molecule has 1 aliphatic heterocycles. The van der Waals surface area contributed by atoms with Gasteiger partial charge in [-0.15, -0.1) is 0 Å². The van der Waals surface area contributed by atoms with Crippen LogP contribution in [-0.2, 0) is 37.3 Å². The summed E-state index contributed by atoms with van der Waals surface area (Å²) < 4.78 is 13.0. The molecule has 1 unspecified atom stereocenters. The molecule has 4 heteroatoms. The lowest BCUT2D eigenvalue weighted by Gasteiger charge is -2.42. The van der Waals surface area contributed by atoms with Crippen molar-refractivity contribution in [2.24, 2.45) is 0 Å². The van der Waals surface area contributed by atoms with Gasteiger partial charge in [0.25, 0.3) is 0 Å². The van der Waals surface area contributed by atoms with Gasteiger partial charge in [0.1, 0.15) is 5.78 Å². The van der Waals surface area contributed by atoms with Crippen molar-refractivity contribution < 1.29 is 19.4 Å². The third-order valence-corrected chi connectivity index (χ3v) is 7.74. The van der Waals surface area contributed by atoms with Gasteiger partial charge in [-0.2, -0.15) is 0 Å². The number of fused-ring (bicyclic) bond motifs is 1. The number of carbonyl (C=O) groups excluding carboxylic acids is 1. The molecule has 2 aromatic carbocycles. The number of aliphatic hydroxyl groups is 1. The molecule has 1 aliphatic carbocycles. The zero-order valence-electron chi connectivity index (χ0n) is 22.8. The summed E-state index contributed by atoms with van der Waals surface area (Å²) in [4.78, 5) is 12.4. The quantitative estimate of drug-likeness (QED) is 0.434. The molecule has 1 N–H and O–H groups in total. The van der Waals surface area contributed by atoms with Crippen molar-refractivity contribution in [1.82, 2.24) is 0 Å². The Bertz CT molecular complexity index is 1120. The van der Waals surface area contributed by atoms with Crippen LogP contribution in [0.5, 0.6) is 0 Å². The Morgan fingerprint density at radius 3 is 2.11 bits per heavy atom. The summed E-state index contributed by atoms with van der Waals surface area (Å²) in [6.07, 6.45) is 7.43. The molecule has 36 heavy (non-hydrogen) atoms. The minimum absolute atomic E-state index is 0.0288. The number of aryl methyl sites for hydroxylation is 1. The van der Waals surface area contributed by atoms with Gasteiger partial charge in [-0.3, -0.25) is 4.79 Å². The molecule has 2 aromatic rings. The largest absolute Gasteiger partial charge is 0.393 e. The Kier molecular flexibility index (Phi) is 7.62. The van der Waals surface area contributed by atoms with E-state index in [0.717, 1.165) is 35.1 Å². The van der Waals surface area contributed by atoms with Gasteiger partial charge in [-0.05, 0) is 61.4 Å². The van der Waals surface area contributed by atoms with E-state index in [-0.39, 0.29) is 22.7 Å². The number of rotatable bonds is 8. The van der Waals surface area contributed by atoms with E-state index >= 15 is 0 Å². The average Bonchev–Trinajstić information content (AvgIpc) is 2.82. The van der Waals surface area contributed by atoms with Crippen LogP contribution in [0.2, 0.25) is 0 Å². The summed E-state index contributed by atoms with van der Waals surface area (Å²) in [5.41, 5.74) is 6.72. The maximum Gasteiger partial charge on any atom is 0.222 e. The van der Waals surface area contributed by atoms with Crippen LogP contribution in [-0.4, -0.2) is 30.2 Å². The first-order valence-electron chi connectivity index (χ1n) is 13.4. The standard InChI is InChI=1S/C32H42O4/c1-22-19-28-29(31(5,6)16-15-30(28,3)4)21-27(22)32(35-17-8-18-36-32)25-13-11-24(12-14-25)20-26(34)10-7-9-23(2)33/h11-16,19,21,23,33H,7-10,17-18,20H2,1-6H3. The molecule has 0 aromatic heterocycles. The summed E-state index contributed by atoms with van der Waals surface area (Å²) in [6.45, 7) is 14.2. The highest BCUT2D eigenvalue weighted by Gasteiger charge is 2.42. The summed E-state index contributed by atoms with van der Waals surface area (Å²) >= 11 is 0. The number of aliphatic hydroxyl groups excluding tert-OH is 1. The van der Waals surface area contributed by atoms with E-state index in [9.17, 15) is 9.90 Å². The van der Waals surface area contributed by atoms with Crippen molar-refractivity contribution in [1.29, 1.82) is 0 Å². The van der Waals surface area contributed by atoms with Gasteiger partial charge in [0.15, 0.2) is 0 Å². The molecule has 1 heterocycles. The van der Waals surface area contributed by atoms with Crippen LogP contribution < -0.4 is 0 Å². The van der Waals surface area contributed by atoms with Crippen molar-refractivity contribution in [2.45, 2.75) is 96.4 Å². The number of hydrogen-bond donors (Lipinski definition) is 1. The molecule has 0 saturated carbocycles. The normalized spacial score (nSPS) is 20.5. The van der Waals surface area contributed by atoms with Gasteiger partial charge in [-0.25, -0.2) is 0 Å². The van der Waals surface area contributed by atoms with Crippen LogP contribution in [0.15, 0.2) is 48.6 Å². The fourth-order valence-corrected chi connectivity index (χ4v) is 5.49. The van der Waals surface area contributed by atoms with Crippen molar-refractivity contribution in [3.05, 3.63) is 81.9 Å². The Morgan fingerprint density at radius 2 is 1.53 bits per heavy atom. The molecule has 1 atom stereocenters. The lowest BCUT2D eigenvalue weighted by molar-refractivity contribution is -0.249. The molecular formula is C32H42O4. The second kappa shape index (κ2) is 10.2. The predicted octanol–water partition coefficient (Wildman–Crippen LogP) is 6.42. The molecule has 0 bridgehead atoms. The highest BCUT2D eigenvalue weighted by Crippen LogP contribution is 2.46.